The van der Waals surface area contributed by atoms with Gasteiger partial charge in [0.05, 0.1) is 12.8 Å². The van der Waals surface area contributed by atoms with Crippen LogP contribution in [0.2, 0.25) is 0 Å². The molecule has 0 radical (unpaired) electrons. The molecule has 1 saturated heterocycles. The monoisotopic (exact) mass is 430 g/mol. The highest BCUT2D eigenvalue weighted by Crippen LogP contribution is 2.26. The van der Waals surface area contributed by atoms with Crippen molar-refractivity contribution in [3.8, 4) is 0 Å². The molecule has 2 heterocycles. The molecule has 1 aliphatic rings. The average Bonchev–Trinajstić information content (AvgIpc) is 2.74. The van der Waals surface area contributed by atoms with Gasteiger partial charge in [0.1, 0.15) is 17.3 Å². The highest BCUT2D eigenvalue weighted by Gasteiger charge is 2.29. The number of carbonyl (C=O) groups is 2. The Hall–Kier alpha value is -3.23. The number of piperazine rings is 1. The number of hydrogen-bond acceptors (Lipinski definition) is 7. The van der Waals surface area contributed by atoms with E-state index in [9.17, 15) is 14.0 Å². The fraction of sp³-hybridized carbons (Fsp3) is 0.455. The standard InChI is InChI=1S/C22H27FN4O4/c1-22(2,3)31-21(29)27-13-11-26(12-14-27)20-24-10-9-17(25-20)18(19(28)30-4)15-5-7-16(23)8-6-15/h5-10,18H,11-14H2,1-4H3/t18-/m0/s1. The summed E-state index contributed by atoms with van der Waals surface area (Å²) in [6, 6.07) is 7.31. The van der Waals surface area contributed by atoms with Gasteiger partial charge in [0.25, 0.3) is 0 Å². The Morgan fingerprint density at radius 1 is 1.06 bits per heavy atom. The molecule has 1 fully saturated rings. The minimum absolute atomic E-state index is 0.344. The van der Waals surface area contributed by atoms with Crippen LogP contribution in [0.3, 0.4) is 0 Å². The zero-order valence-corrected chi connectivity index (χ0v) is 18.2. The Labute approximate surface area is 181 Å². The summed E-state index contributed by atoms with van der Waals surface area (Å²) in [7, 11) is 1.30. The van der Waals surface area contributed by atoms with E-state index in [2.05, 4.69) is 9.97 Å². The lowest BCUT2D eigenvalue weighted by molar-refractivity contribution is -0.141. The van der Waals surface area contributed by atoms with Gasteiger partial charge in [-0.3, -0.25) is 4.79 Å². The van der Waals surface area contributed by atoms with Gasteiger partial charge >= 0.3 is 12.1 Å². The van der Waals surface area contributed by atoms with Crippen LogP contribution in [0.25, 0.3) is 0 Å². The van der Waals surface area contributed by atoms with E-state index in [1.807, 2.05) is 25.7 Å². The molecule has 0 saturated carbocycles. The Bertz CT molecular complexity index is 922. The van der Waals surface area contributed by atoms with E-state index in [1.165, 1.54) is 31.4 Å². The molecule has 0 aliphatic carbocycles. The minimum atomic E-state index is -0.796. The van der Waals surface area contributed by atoms with Crippen LogP contribution in [0.15, 0.2) is 36.5 Å². The summed E-state index contributed by atoms with van der Waals surface area (Å²) < 4.78 is 23.7. The summed E-state index contributed by atoms with van der Waals surface area (Å²) in [5, 5.41) is 0. The van der Waals surface area contributed by atoms with Crippen molar-refractivity contribution < 1.29 is 23.5 Å². The van der Waals surface area contributed by atoms with E-state index in [1.54, 1.807) is 17.2 Å². The maximum atomic E-state index is 13.3. The molecule has 0 spiro atoms. The summed E-state index contributed by atoms with van der Waals surface area (Å²) in [5.41, 5.74) is 0.486. The Balaban J connectivity index is 1.76. The summed E-state index contributed by atoms with van der Waals surface area (Å²) >= 11 is 0. The molecule has 0 bridgehead atoms. The Kier molecular flexibility index (Phi) is 6.72. The molecule has 0 N–H and O–H groups in total. The van der Waals surface area contributed by atoms with E-state index < -0.39 is 23.3 Å². The summed E-state index contributed by atoms with van der Waals surface area (Å²) in [6.45, 7) is 7.50. The largest absolute Gasteiger partial charge is 0.468 e. The lowest BCUT2D eigenvalue weighted by Crippen LogP contribution is -2.50. The van der Waals surface area contributed by atoms with Gasteiger partial charge in [-0.25, -0.2) is 19.2 Å². The van der Waals surface area contributed by atoms with Crippen molar-refractivity contribution >= 4 is 18.0 Å². The number of anilines is 1. The van der Waals surface area contributed by atoms with E-state index in [0.717, 1.165) is 0 Å². The molecule has 1 amide bonds. The maximum absolute atomic E-state index is 13.3. The van der Waals surface area contributed by atoms with Gasteiger partial charge in [-0.2, -0.15) is 0 Å². The molecule has 0 unspecified atom stereocenters. The van der Waals surface area contributed by atoms with Crippen molar-refractivity contribution in [1.82, 2.24) is 14.9 Å². The van der Waals surface area contributed by atoms with Crippen LogP contribution in [0.5, 0.6) is 0 Å². The van der Waals surface area contributed by atoms with E-state index >= 15 is 0 Å². The third-order valence-corrected chi connectivity index (χ3v) is 4.81. The number of rotatable bonds is 4. The fourth-order valence-corrected chi connectivity index (χ4v) is 3.29. The van der Waals surface area contributed by atoms with Crippen LogP contribution in [-0.2, 0) is 14.3 Å². The van der Waals surface area contributed by atoms with E-state index in [4.69, 9.17) is 9.47 Å². The van der Waals surface area contributed by atoms with Crippen molar-refractivity contribution in [2.45, 2.75) is 32.3 Å². The predicted octanol–water partition coefficient (Wildman–Crippen LogP) is 2.98. The number of nitrogens with zero attached hydrogens (tertiary/aromatic N) is 4. The number of ether oxygens (including phenoxy) is 2. The molecule has 1 aromatic carbocycles. The molecule has 9 heteroatoms. The predicted molar refractivity (Wildman–Crippen MR) is 112 cm³/mol. The van der Waals surface area contributed by atoms with Gasteiger partial charge in [0.15, 0.2) is 0 Å². The highest BCUT2D eigenvalue weighted by molar-refractivity contribution is 5.81. The van der Waals surface area contributed by atoms with Crippen LogP contribution in [0, 0.1) is 5.82 Å². The van der Waals surface area contributed by atoms with Crippen LogP contribution in [0.4, 0.5) is 15.1 Å². The zero-order chi connectivity index (χ0) is 22.6. The van der Waals surface area contributed by atoms with Gasteiger partial charge in [0, 0.05) is 32.4 Å². The maximum Gasteiger partial charge on any atom is 0.410 e. The summed E-state index contributed by atoms with van der Waals surface area (Å²) in [6.07, 6.45) is 1.24. The van der Waals surface area contributed by atoms with Gasteiger partial charge in [0.2, 0.25) is 5.95 Å². The van der Waals surface area contributed by atoms with Gasteiger partial charge in [-0.1, -0.05) is 12.1 Å². The molecule has 166 valence electrons. The number of halogens is 1. The van der Waals surface area contributed by atoms with E-state index in [-0.39, 0.29) is 6.09 Å². The zero-order valence-electron chi connectivity index (χ0n) is 18.2. The van der Waals surface area contributed by atoms with Gasteiger partial charge < -0.3 is 19.3 Å². The third-order valence-electron chi connectivity index (χ3n) is 4.81. The first-order valence-electron chi connectivity index (χ1n) is 10.1. The lowest BCUT2D eigenvalue weighted by atomic mass is 9.95. The van der Waals surface area contributed by atoms with Crippen LogP contribution >= 0.6 is 0 Å². The second-order valence-corrected chi connectivity index (χ2v) is 8.24. The number of benzene rings is 1. The number of methoxy groups -OCH3 is 1. The smallest absolute Gasteiger partial charge is 0.410 e. The van der Waals surface area contributed by atoms with Crippen molar-refractivity contribution in [2.24, 2.45) is 0 Å². The average molecular weight is 430 g/mol. The SMILES string of the molecule is COC(=O)[C@@H](c1ccc(F)cc1)c1ccnc(N2CCN(C(=O)OC(C)(C)C)CC2)n1. The number of esters is 1. The van der Waals surface area contributed by atoms with Crippen molar-refractivity contribution in [3.05, 3.63) is 53.6 Å². The lowest BCUT2D eigenvalue weighted by Gasteiger charge is -2.35. The summed E-state index contributed by atoms with van der Waals surface area (Å²) in [4.78, 5) is 37.3. The first-order valence-corrected chi connectivity index (χ1v) is 10.1. The Morgan fingerprint density at radius 3 is 2.29 bits per heavy atom. The molecule has 1 atom stereocenters. The molecular weight excluding hydrogens is 403 g/mol. The van der Waals surface area contributed by atoms with Crippen molar-refractivity contribution in [3.63, 3.8) is 0 Å². The van der Waals surface area contributed by atoms with Crippen LogP contribution < -0.4 is 4.90 Å². The van der Waals surface area contributed by atoms with E-state index in [0.29, 0.717) is 43.4 Å². The molecule has 1 aliphatic heterocycles. The second kappa shape index (κ2) is 9.28. The molecule has 31 heavy (non-hydrogen) atoms. The van der Waals surface area contributed by atoms with Crippen molar-refractivity contribution in [1.29, 1.82) is 0 Å². The first kappa shape index (κ1) is 22.5. The molecule has 1 aromatic heterocycles. The quantitative estimate of drug-likeness (QED) is 0.690. The molecule has 2 aromatic rings. The number of aromatic nitrogens is 2. The molecular formula is C22H27FN4O4. The van der Waals surface area contributed by atoms with Crippen molar-refractivity contribution in [2.75, 3.05) is 38.2 Å². The Morgan fingerprint density at radius 2 is 1.71 bits per heavy atom. The van der Waals surface area contributed by atoms with Gasteiger partial charge in [-0.15, -0.1) is 0 Å². The molecule has 3 rings (SSSR count). The second-order valence-electron chi connectivity index (χ2n) is 8.24. The topological polar surface area (TPSA) is 84.9 Å². The minimum Gasteiger partial charge on any atom is -0.468 e. The number of hydrogen-bond donors (Lipinski definition) is 0. The fourth-order valence-electron chi connectivity index (χ4n) is 3.29. The number of amides is 1. The van der Waals surface area contributed by atoms with Gasteiger partial charge in [-0.05, 0) is 44.5 Å². The van der Waals surface area contributed by atoms with Crippen LogP contribution in [-0.4, -0.2) is 65.8 Å². The van der Waals surface area contributed by atoms with Crippen LogP contribution in [0.1, 0.15) is 37.9 Å². The normalized spacial score (nSPS) is 15.4. The third kappa shape index (κ3) is 5.68. The molecule has 8 nitrogen and oxygen atoms in total. The number of carbonyl (C=O) groups excluding carboxylic acids is 2. The summed E-state index contributed by atoms with van der Waals surface area (Å²) in [5.74, 6) is -1.22. The first-order chi connectivity index (χ1) is 14.7. The highest BCUT2D eigenvalue weighted by atomic mass is 19.1.